The molecule has 2 atom stereocenters. The number of rotatable bonds is 13. The lowest BCUT2D eigenvalue weighted by Crippen LogP contribution is -2.65. The normalized spacial score (nSPS) is 25.5. The first-order valence-corrected chi connectivity index (χ1v) is 18.3. The predicted molar refractivity (Wildman–Crippen MR) is 180 cm³/mol. The number of unbranched alkanes of at least 4 members (excludes halogenated alkanes) is 2. The summed E-state index contributed by atoms with van der Waals surface area (Å²) < 4.78 is 0. The predicted octanol–water partition coefficient (Wildman–Crippen LogP) is 2.85. The molecule has 0 aromatic rings. The van der Waals surface area contributed by atoms with Crippen molar-refractivity contribution in [3.05, 3.63) is 0 Å². The molecule has 0 aliphatic carbocycles. The molecule has 6 amide bonds. The van der Waals surface area contributed by atoms with Gasteiger partial charge in [0.1, 0.15) is 11.1 Å². The second kappa shape index (κ2) is 17.0. The van der Waals surface area contributed by atoms with Crippen LogP contribution in [0.4, 0.5) is 9.59 Å². The van der Waals surface area contributed by atoms with Gasteiger partial charge in [-0.2, -0.15) is 0 Å². The van der Waals surface area contributed by atoms with E-state index in [9.17, 15) is 19.2 Å². The molecule has 4 aliphatic heterocycles. The number of likely N-dealkylation sites (tertiary alicyclic amines) is 4. The van der Waals surface area contributed by atoms with Gasteiger partial charge in [-0.1, -0.05) is 26.7 Å². The van der Waals surface area contributed by atoms with Crippen LogP contribution in [0, 0.1) is 11.8 Å². The van der Waals surface area contributed by atoms with Crippen molar-refractivity contribution in [1.29, 1.82) is 0 Å². The van der Waals surface area contributed by atoms with Crippen LogP contribution in [0.3, 0.4) is 0 Å². The summed E-state index contributed by atoms with van der Waals surface area (Å²) in [5, 5.41) is 6.00. The highest BCUT2D eigenvalue weighted by atomic mass is 16.2. The number of primary amides is 2. The van der Waals surface area contributed by atoms with Crippen molar-refractivity contribution in [3.8, 4) is 0 Å². The van der Waals surface area contributed by atoms with Crippen LogP contribution in [-0.2, 0) is 9.59 Å². The van der Waals surface area contributed by atoms with Crippen molar-refractivity contribution in [1.82, 2.24) is 30.2 Å². The van der Waals surface area contributed by atoms with Crippen LogP contribution in [0.25, 0.3) is 0 Å². The summed E-state index contributed by atoms with van der Waals surface area (Å²) in [6, 6.07) is -0.0812. The van der Waals surface area contributed by atoms with Gasteiger partial charge in [0.25, 0.3) is 0 Å². The van der Waals surface area contributed by atoms with E-state index in [-0.39, 0.29) is 23.9 Å². The number of nitrogens with two attached hydrogens (primary N) is 2. The highest BCUT2D eigenvalue weighted by Crippen LogP contribution is 2.37. The first-order chi connectivity index (χ1) is 22.1. The van der Waals surface area contributed by atoms with Gasteiger partial charge in [0.05, 0.1) is 0 Å². The topological polar surface area (TPSA) is 157 Å². The Hall–Kier alpha value is -2.60. The summed E-state index contributed by atoms with van der Waals surface area (Å²) in [4.78, 5) is 59.5. The minimum absolute atomic E-state index is 0.0406. The monoisotopic (exact) mass is 646 g/mol. The Morgan fingerprint density at radius 2 is 1.00 bits per heavy atom. The van der Waals surface area contributed by atoms with Gasteiger partial charge in [-0.15, -0.1) is 0 Å². The zero-order chi connectivity index (χ0) is 33.2. The van der Waals surface area contributed by atoms with Crippen molar-refractivity contribution in [3.63, 3.8) is 0 Å². The lowest BCUT2D eigenvalue weighted by atomic mass is 9.79. The first-order valence-electron chi connectivity index (χ1n) is 18.3. The number of hydrogen-bond donors (Lipinski definition) is 4. The molecule has 4 rings (SSSR count). The minimum atomic E-state index is -0.684. The van der Waals surface area contributed by atoms with E-state index in [2.05, 4.69) is 34.3 Å². The summed E-state index contributed by atoms with van der Waals surface area (Å²) in [7, 11) is 0. The van der Waals surface area contributed by atoms with E-state index in [1.54, 1.807) is 0 Å². The van der Waals surface area contributed by atoms with Crippen molar-refractivity contribution in [2.24, 2.45) is 23.3 Å². The Kier molecular flexibility index (Phi) is 13.4. The zero-order valence-electron chi connectivity index (χ0n) is 28.7. The third kappa shape index (κ3) is 8.65. The smallest absolute Gasteiger partial charge is 0.317 e. The van der Waals surface area contributed by atoms with Crippen molar-refractivity contribution >= 4 is 23.9 Å². The van der Waals surface area contributed by atoms with Gasteiger partial charge in [0.15, 0.2) is 0 Å². The van der Waals surface area contributed by atoms with Crippen molar-refractivity contribution in [2.75, 3.05) is 65.4 Å². The van der Waals surface area contributed by atoms with E-state index in [4.69, 9.17) is 11.5 Å². The SMILES string of the molecule is CCCCNC(=O)N1CCC(C(N)=O)(N2CCCC(CCC3CCCN(C4(C(N)=O)CCN(C(=O)NCCCC)CC4)C3)C2)CC1. The Morgan fingerprint density at radius 1 is 0.630 bits per heavy atom. The largest absolute Gasteiger partial charge is 0.368 e. The fourth-order valence-corrected chi connectivity index (χ4v) is 8.41. The Labute approximate surface area is 276 Å². The van der Waals surface area contributed by atoms with E-state index in [1.165, 1.54) is 0 Å². The van der Waals surface area contributed by atoms with E-state index in [0.29, 0.717) is 76.8 Å². The molecular weight excluding hydrogens is 584 g/mol. The summed E-state index contributed by atoms with van der Waals surface area (Å²) in [6.45, 7) is 11.2. The number of hydrogen-bond acceptors (Lipinski definition) is 6. The highest BCUT2D eigenvalue weighted by molar-refractivity contribution is 5.86. The number of urea groups is 2. The molecule has 0 radical (unpaired) electrons. The fraction of sp³-hybridized carbons (Fsp3) is 0.882. The Bertz CT molecular complexity index is 945. The molecule has 0 bridgehead atoms. The number of carbonyl (C=O) groups excluding carboxylic acids is 4. The van der Waals surface area contributed by atoms with Gasteiger partial charge in [0.2, 0.25) is 11.8 Å². The van der Waals surface area contributed by atoms with Gasteiger partial charge in [0, 0.05) is 52.4 Å². The molecule has 12 nitrogen and oxygen atoms in total. The molecule has 4 fully saturated rings. The van der Waals surface area contributed by atoms with Gasteiger partial charge in [-0.3, -0.25) is 19.4 Å². The van der Waals surface area contributed by atoms with E-state index < -0.39 is 11.1 Å². The quantitative estimate of drug-likeness (QED) is 0.226. The van der Waals surface area contributed by atoms with E-state index >= 15 is 0 Å². The maximum absolute atomic E-state index is 13.0. The van der Waals surface area contributed by atoms with Gasteiger partial charge >= 0.3 is 12.1 Å². The van der Waals surface area contributed by atoms with E-state index in [1.807, 2.05) is 9.80 Å². The molecule has 0 saturated carbocycles. The summed E-state index contributed by atoms with van der Waals surface area (Å²) in [5.74, 6) is 0.470. The highest BCUT2D eigenvalue weighted by Gasteiger charge is 2.48. The third-order valence-corrected chi connectivity index (χ3v) is 11.5. The zero-order valence-corrected chi connectivity index (χ0v) is 28.7. The van der Waals surface area contributed by atoms with Crippen LogP contribution in [0.2, 0.25) is 0 Å². The number of nitrogens with zero attached hydrogens (tertiary/aromatic N) is 4. The summed E-state index contributed by atoms with van der Waals surface area (Å²) in [6.07, 6.45) is 12.9. The van der Waals surface area contributed by atoms with Gasteiger partial charge in [-0.25, -0.2) is 9.59 Å². The third-order valence-electron chi connectivity index (χ3n) is 11.5. The fourth-order valence-electron chi connectivity index (χ4n) is 8.41. The maximum atomic E-state index is 13.0. The van der Waals surface area contributed by atoms with Crippen LogP contribution in [0.15, 0.2) is 0 Å². The average Bonchev–Trinajstić information content (AvgIpc) is 3.07. The van der Waals surface area contributed by atoms with E-state index in [0.717, 1.165) is 90.4 Å². The van der Waals surface area contributed by atoms with Crippen LogP contribution in [-0.4, -0.2) is 120 Å². The molecule has 46 heavy (non-hydrogen) atoms. The van der Waals surface area contributed by atoms with Gasteiger partial charge < -0.3 is 31.9 Å². The number of piperidine rings is 4. The molecule has 12 heteroatoms. The Morgan fingerprint density at radius 3 is 1.33 bits per heavy atom. The molecule has 4 heterocycles. The first kappa shape index (κ1) is 36.2. The molecule has 2 unspecified atom stereocenters. The van der Waals surface area contributed by atoms with Crippen molar-refractivity contribution < 1.29 is 19.2 Å². The standard InChI is InChI=1S/C34H62N8O4/c1-3-5-17-37-31(45)39-21-13-33(14-22-39,29(35)43)41-19-7-9-27(25-41)11-12-28-10-8-20-42(26-28)34(30(36)44)15-23-40(24-16-34)32(46)38-18-6-4-2/h27-28H,3-26H2,1-2H3,(H2,35,43)(H2,36,44)(H,37,45)(H,38,46). The summed E-state index contributed by atoms with van der Waals surface area (Å²) >= 11 is 0. The molecule has 0 spiro atoms. The number of amides is 6. The minimum Gasteiger partial charge on any atom is -0.368 e. The molecule has 6 N–H and O–H groups in total. The van der Waals surface area contributed by atoms with Crippen LogP contribution >= 0.6 is 0 Å². The van der Waals surface area contributed by atoms with Crippen LogP contribution in [0.1, 0.15) is 104 Å². The van der Waals surface area contributed by atoms with Crippen LogP contribution in [0.5, 0.6) is 0 Å². The molecule has 262 valence electrons. The Balaban J connectivity index is 1.28. The molecule has 4 aliphatic rings. The molecule has 4 saturated heterocycles. The number of carbonyl (C=O) groups is 4. The molecule has 0 aromatic carbocycles. The average molecular weight is 647 g/mol. The molecular formula is C34H62N8O4. The maximum Gasteiger partial charge on any atom is 0.317 e. The van der Waals surface area contributed by atoms with Gasteiger partial charge in [-0.05, 0) is 102 Å². The summed E-state index contributed by atoms with van der Waals surface area (Å²) in [5.41, 5.74) is 10.8. The second-order valence-corrected chi connectivity index (χ2v) is 14.4. The lowest BCUT2D eigenvalue weighted by Gasteiger charge is -2.50. The lowest BCUT2D eigenvalue weighted by molar-refractivity contribution is -0.136. The van der Waals surface area contributed by atoms with Crippen molar-refractivity contribution in [2.45, 2.75) is 115 Å². The molecule has 0 aromatic heterocycles. The second-order valence-electron chi connectivity index (χ2n) is 14.4. The van der Waals surface area contributed by atoms with Crippen LogP contribution < -0.4 is 22.1 Å². The number of nitrogens with one attached hydrogen (secondary N) is 2.